The summed E-state index contributed by atoms with van der Waals surface area (Å²) in [6, 6.07) is 11.8. The van der Waals surface area contributed by atoms with E-state index in [4.69, 9.17) is 11.6 Å². The molecule has 0 aromatic heterocycles. The van der Waals surface area contributed by atoms with E-state index >= 15 is 0 Å². The Labute approximate surface area is 179 Å². The fourth-order valence-electron chi connectivity index (χ4n) is 3.21. The van der Waals surface area contributed by atoms with Gasteiger partial charge in [-0.25, -0.2) is 12.8 Å². The summed E-state index contributed by atoms with van der Waals surface area (Å²) in [6.07, 6.45) is 1.08. The second-order valence-electron chi connectivity index (χ2n) is 6.91. The molecule has 2 aromatic rings. The molecule has 2 amide bonds. The highest BCUT2D eigenvalue weighted by molar-refractivity contribution is 7.89. The van der Waals surface area contributed by atoms with Crippen molar-refractivity contribution >= 4 is 39.1 Å². The highest BCUT2D eigenvalue weighted by atomic mass is 35.5. The molecule has 30 heavy (non-hydrogen) atoms. The minimum atomic E-state index is -3.68. The molecule has 0 saturated carbocycles. The Kier molecular flexibility index (Phi) is 7.06. The minimum Gasteiger partial charge on any atom is -0.347 e. The van der Waals surface area contributed by atoms with E-state index in [0.29, 0.717) is 25.1 Å². The molecule has 0 radical (unpaired) electrons. The van der Waals surface area contributed by atoms with Gasteiger partial charge < -0.3 is 10.6 Å². The number of hydrogen-bond acceptors (Lipinski definition) is 4. The first kappa shape index (κ1) is 22.2. The van der Waals surface area contributed by atoms with Crippen molar-refractivity contribution in [2.75, 3.05) is 25.0 Å². The second-order valence-corrected chi connectivity index (χ2v) is 9.26. The Morgan fingerprint density at radius 3 is 2.60 bits per heavy atom. The number of benzene rings is 2. The first-order chi connectivity index (χ1) is 14.3. The molecular formula is C20H21ClFN3O4S. The largest absolute Gasteiger partial charge is 0.347 e. The van der Waals surface area contributed by atoms with Crippen LogP contribution in [-0.2, 0) is 19.6 Å². The fourth-order valence-corrected chi connectivity index (χ4v) is 4.93. The van der Waals surface area contributed by atoms with Gasteiger partial charge in [0.2, 0.25) is 21.8 Å². The predicted molar refractivity (Wildman–Crippen MR) is 111 cm³/mol. The van der Waals surface area contributed by atoms with E-state index in [1.165, 1.54) is 28.6 Å². The Morgan fingerprint density at radius 1 is 1.17 bits per heavy atom. The van der Waals surface area contributed by atoms with Gasteiger partial charge in [0, 0.05) is 18.8 Å². The molecule has 2 N–H and O–H groups in total. The predicted octanol–water partition coefficient (Wildman–Crippen LogP) is 2.63. The van der Waals surface area contributed by atoms with Gasteiger partial charge in [-0.15, -0.1) is 0 Å². The van der Waals surface area contributed by atoms with Crippen LogP contribution in [-0.4, -0.2) is 44.2 Å². The van der Waals surface area contributed by atoms with Crippen LogP contribution in [0.2, 0.25) is 5.02 Å². The molecule has 0 bridgehead atoms. The lowest BCUT2D eigenvalue weighted by molar-refractivity contribution is -0.128. The van der Waals surface area contributed by atoms with Crippen molar-refractivity contribution in [3.8, 4) is 0 Å². The molecule has 2 aromatic carbocycles. The number of amides is 2. The molecule has 1 aliphatic heterocycles. The molecule has 0 aliphatic carbocycles. The molecule has 7 nitrogen and oxygen atoms in total. The van der Waals surface area contributed by atoms with E-state index in [1.54, 1.807) is 18.2 Å². The molecule has 0 spiro atoms. The van der Waals surface area contributed by atoms with E-state index < -0.39 is 33.6 Å². The topological polar surface area (TPSA) is 95.6 Å². The molecule has 160 valence electrons. The second kappa shape index (κ2) is 9.55. The van der Waals surface area contributed by atoms with Crippen LogP contribution in [0.1, 0.15) is 12.8 Å². The lowest BCUT2D eigenvalue weighted by Crippen LogP contribution is -2.46. The molecule has 1 atom stereocenters. The van der Waals surface area contributed by atoms with E-state index in [1.807, 2.05) is 0 Å². The zero-order chi connectivity index (χ0) is 21.7. The van der Waals surface area contributed by atoms with Crippen molar-refractivity contribution < 1.29 is 22.4 Å². The standard InChI is InChI=1S/C20H21ClFN3O4S/c21-17-11-15(8-9-18(17)22)24-19(26)12-23-20(27)14-5-4-10-25(13-14)30(28,29)16-6-2-1-3-7-16/h1-3,6-9,11,14H,4-5,10,12-13H2,(H,23,27)(H,24,26)/t14-/m0/s1. The zero-order valence-corrected chi connectivity index (χ0v) is 17.5. The van der Waals surface area contributed by atoms with Gasteiger partial charge in [-0.2, -0.15) is 4.31 Å². The maximum absolute atomic E-state index is 13.2. The summed E-state index contributed by atoms with van der Waals surface area (Å²) in [4.78, 5) is 24.7. The molecule has 1 fully saturated rings. The summed E-state index contributed by atoms with van der Waals surface area (Å²) in [5.41, 5.74) is 0.304. The number of hydrogen-bond donors (Lipinski definition) is 2. The number of sulfonamides is 1. The SMILES string of the molecule is O=C(CNC(=O)[C@H]1CCCN(S(=O)(=O)c2ccccc2)C1)Nc1ccc(F)c(Cl)c1. The van der Waals surface area contributed by atoms with Crippen LogP contribution in [0.15, 0.2) is 53.4 Å². The summed E-state index contributed by atoms with van der Waals surface area (Å²) < 4.78 is 40.0. The van der Waals surface area contributed by atoms with Gasteiger partial charge in [-0.1, -0.05) is 29.8 Å². The highest BCUT2D eigenvalue weighted by Gasteiger charge is 2.33. The van der Waals surface area contributed by atoms with Crippen LogP contribution in [0.25, 0.3) is 0 Å². The third kappa shape index (κ3) is 5.35. The quantitative estimate of drug-likeness (QED) is 0.702. The molecular weight excluding hydrogens is 433 g/mol. The maximum Gasteiger partial charge on any atom is 0.243 e. The molecule has 1 heterocycles. The Morgan fingerprint density at radius 2 is 1.90 bits per heavy atom. The number of piperidine rings is 1. The monoisotopic (exact) mass is 453 g/mol. The van der Waals surface area contributed by atoms with Crippen molar-refractivity contribution in [2.24, 2.45) is 5.92 Å². The van der Waals surface area contributed by atoms with E-state index in [-0.39, 0.29) is 23.0 Å². The van der Waals surface area contributed by atoms with Gasteiger partial charge in [-0.3, -0.25) is 9.59 Å². The van der Waals surface area contributed by atoms with Gasteiger partial charge in [0.25, 0.3) is 0 Å². The average molecular weight is 454 g/mol. The molecule has 1 saturated heterocycles. The van der Waals surface area contributed by atoms with Gasteiger partial charge in [0.05, 0.1) is 22.4 Å². The lowest BCUT2D eigenvalue weighted by atomic mass is 9.99. The summed E-state index contributed by atoms with van der Waals surface area (Å²) in [5, 5.41) is 4.92. The first-order valence-corrected chi connectivity index (χ1v) is 11.2. The summed E-state index contributed by atoms with van der Waals surface area (Å²) in [5.74, 6) is -2.05. The van der Waals surface area contributed by atoms with Gasteiger partial charge in [-0.05, 0) is 43.2 Å². The smallest absolute Gasteiger partial charge is 0.243 e. The normalized spacial score (nSPS) is 17.3. The number of rotatable bonds is 6. The van der Waals surface area contributed by atoms with Crippen LogP contribution in [0.3, 0.4) is 0 Å². The molecule has 0 unspecified atom stereocenters. The van der Waals surface area contributed by atoms with Crippen molar-refractivity contribution in [3.63, 3.8) is 0 Å². The van der Waals surface area contributed by atoms with E-state index in [0.717, 1.165) is 6.07 Å². The minimum absolute atomic E-state index is 0.0538. The average Bonchev–Trinajstić information content (AvgIpc) is 2.75. The third-order valence-electron chi connectivity index (χ3n) is 4.76. The summed E-state index contributed by atoms with van der Waals surface area (Å²) in [6.45, 7) is 0.0980. The van der Waals surface area contributed by atoms with Gasteiger partial charge in [0.1, 0.15) is 5.82 Å². The summed E-state index contributed by atoms with van der Waals surface area (Å²) in [7, 11) is -3.68. The van der Waals surface area contributed by atoms with E-state index in [9.17, 15) is 22.4 Å². The Balaban J connectivity index is 1.55. The number of halogens is 2. The van der Waals surface area contributed by atoms with Crippen molar-refractivity contribution in [1.82, 2.24) is 9.62 Å². The van der Waals surface area contributed by atoms with Gasteiger partial charge >= 0.3 is 0 Å². The highest BCUT2D eigenvalue weighted by Crippen LogP contribution is 2.24. The number of anilines is 1. The number of carbonyl (C=O) groups excluding carboxylic acids is 2. The lowest BCUT2D eigenvalue weighted by Gasteiger charge is -2.31. The number of nitrogens with one attached hydrogen (secondary N) is 2. The molecule has 3 rings (SSSR count). The van der Waals surface area contributed by atoms with Gasteiger partial charge in [0.15, 0.2) is 0 Å². The van der Waals surface area contributed by atoms with Crippen LogP contribution < -0.4 is 10.6 Å². The van der Waals surface area contributed by atoms with Crippen LogP contribution in [0.5, 0.6) is 0 Å². The summed E-state index contributed by atoms with van der Waals surface area (Å²) >= 11 is 5.67. The van der Waals surface area contributed by atoms with Crippen LogP contribution in [0, 0.1) is 11.7 Å². The van der Waals surface area contributed by atoms with Crippen molar-refractivity contribution in [3.05, 3.63) is 59.4 Å². The maximum atomic E-state index is 13.2. The third-order valence-corrected chi connectivity index (χ3v) is 6.93. The first-order valence-electron chi connectivity index (χ1n) is 9.35. The van der Waals surface area contributed by atoms with Crippen molar-refractivity contribution in [2.45, 2.75) is 17.7 Å². The van der Waals surface area contributed by atoms with Crippen molar-refractivity contribution in [1.29, 1.82) is 0 Å². The van der Waals surface area contributed by atoms with Crippen LogP contribution >= 0.6 is 11.6 Å². The Bertz CT molecular complexity index is 1030. The van der Waals surface area contributed by atoms with E-state index in [2.05, 4.69) is 10.6 Å². The molecule has 1 aliphatic rings. The number of carbonyl (C=O) groups is 2. The zero-order valence-electron chi connectivity index (χ0n) is 16.0. The Hall–Kier alpha value is -2.49. The molecule has 10 heteroatoms. The number of nitrogens with zero attached hydrogens (tertiary/aromatic N) is 1. The van der Waals surface area contributed by atoms with Crippen LogP contribution in [0.4, 0.5) is 10.1 Å². The fraction of sp³-hybridized carbons (Fsp3) is 0.300.